The number of nitro groups is 1. The van der Waals surface area contributed by atoms with E-state index in [9.17, 15) is 20.2 Å². The first kappa shape index (κ1) is 19.5. The Morgan fingerprint density at radius 2 is 1.96 bits per heavy atom. The Labute approximate surface area is 165 Å². The maximum absolute atomic E-state index is 12.5. The van der Waals surface area contributed by atoms with Crippen molar-refractivity contribution in [2.24, 2.45) is 0 Å². The largest absolute Gasteiger partial charge is 0.493 e. The molecule has 1 amide bonds. The number of hydrogen-bond donors (Lipinski definition) is 1. The molecule has 0 aromatic heterocycles. The number of nitrogens with one attached hydrogen (secondary N) is 1. The molecule has 28 heavy (non-hydrogen) atoms. The molecule has 8 nitrogen and oxygen atoms in total. The maximum Gasteiger partial charge on any atom is 0.313 e. The molecule has 0 atom stereocenters. The van der Waals surface area contributed by atoms with Gasteiger partial charge >= 0.3 is 5.69 Å². The van der Waals surface area contributed by atoms with E-state index in [1.165, 1.54) is 43.5 Å². The third kappa shape index (κ3) is 3.85. The Morgan fingerprint density at radius 3 is 2.54 bits per heavy atom. The van der Waals surface area contributed by atoms with Crippen LogP contribution in [-0.4, -0.2) is 23.5 Å². The molecule has 0 unspecified atom stereocenters. The standard InChI is InChI=1S/C19H16ClN3O5/c1-27-17-9-12(18(24)22-19(11-21)7-2-8-19)3-5-16(17)28-15-6-4-13(20)10-14(15)23(25)26/h3-6,9-10H,2,7-8H2,1H3,(H,22,24). The summed E-state index contributed by atoms with van der Waals surface area (Å²) in [5, 5.41) is 23.4. The molecule has 1 saturated carbocycles. The van der Waals surface area contributed by atoms with Gasteiger partial charge in [-0.15, -0.1) is 0 Å². The zero-order valence-electron chi connectivity index (χ0n) is 14.9. The summed E-state index contributed by atoms with van der Waals surface area (Å²) < 4.78 is 10.9. The fourth-order valence-electron chi connectivity index (χ4n) is 2.82. The molecule has 0 radical (unpaired) electrons. The van der Waals surface area contributed by atoms with Gasteiger partial charge in [-0.25, -0.2) is 0 Å². The first-order chi connectivity index (χ1) is 13.4. The van der Waals surface area contributed by atoms with E-state index >= 15 is 0 Å². The van der Waals surface area contributed by atoms with E-state index in [4.69, 9.17) is 21.1 Å². The van der Waals surface area contributed by atoms with Crippen LogP contribution in [0.25, 0.3) is 0 Å². The first-order valence-corrected chi connectivity index (χ1v) is 8.79. The molecule has 1 fully saturated rings. The number of halogens is 1. The number of rotatable bonds is 6. The van der Waals surface area contributed by atoms with E-state index in [0.29, 0.717) is 12.8 Å². The number of methoxy groups -OCH3 is 1. The van der Waals surface area contributed by atoms with Gasteiger partial charge in [0.15, 0.2) is 11.5 Å². The molecule has 2 aromatic carbocycles. The average molecular weight is 402 g/mol. The first-order valence-electron chi connectivity index (χ1n) is 8.41. The fourth-order valence-corrected chi connectivity index (χ4v) is 2.98. The van der Waals surface area contributed by atoms with E-state index in [0.717, 1.165) is 6.42 Å². The second kappa shape index (κ2) is 7.74. The maximum atomic E-state index is 12.5. The van der Waals surface area contributed by atoms with E-state index in [2.05, 4.69) is 11.4 Å². The van der Waals surface area contributed by atoms with E-state index in [1.54, 1.807) is 0 Å². The lowest BCUT2D eigenvalue weighted by Crippen LogP contribution is -2.52. The number of ether oxygens (including phenoxy) is 2. The SMILES string of the molecule is COc1cc(C(=O)NC2(C#N)CCC2)ccc1Oc1ccc(Cl)cc1[N+](=O)[O-]. The van der Waals surface area contributed by atoms with Crippen LogP contribution < -0.4 is 14.8 Å². The summed E-state index contributed by atoms with van der Waals surface area (Å²) in [6, 6.07) is 10.6. The van der Waals surface area contributed by atoms with Crippen molar-refractivity contribution in [2.75, 3.05) is 7.11 Å². The van der Waals surface area contributed by atoms with Gasteiger partial charge < -0.3 is 14.8 Å². The number of carbonyl (C=O) groups is 1. The second-order valence-electron chi connectivity index (χ2n) is 6.34. The predicted octanol–water partition coefficient (Wildman–Crippen LogP) is 4.23. The van der Waals surface area contributed by atoms with Crippen molar-refractivity contribution in [3.05, 3.63) is 57.1 Å². The number of hydrogen-bond acceptors (Lipinski definition) is 6. The summed E-state index contributed by atoms with van der Waals surface area (Å²) in [6.07, 6.45) is 2.13. The molecule has 0 aliphatic heterocycles. The number of benzene rings is 2. The van der Waals surface area contributed by atoms with E-state index in [1.807, 2.05) is 0 Å². The lowest BCUT2D eigenvalue weighted by atomic mass is 9.78. The van der Waals surface area contributed by atoms with Crippen molar-refractivity contribution < 1.29 is 19.2 Å². The minimum absolute atomic E-state index is 0.0113. The normalized spacial score (nSPS) is 14.3. The van der Waals surface area contributed by atoms with Crippen LogP contribution in [-0.2, 0) is 0 Å². The van der Waals surface area contributed by atoms with Crippen LogP contribution in [0.4, 0.5) is 5.69 Å². The molecule has 0 bridgehead atoms. The third-order valence-electron chi connectivity index (χ3n) is 4.54. The van der Waals surface area contributed by atoms with Crippen molar-refractivity contribution in [1.29, 1.82) is 5.26 Å². The third-order valence-corrected chi connectivity index (χ3v) is 4.77. The molecule has 1 aliphatic rings. The quantitative estimate of drug-likeness (QED) is 0.572. The van der Waals surface area contributed by atoms with Crippen LogP contribution in [0.5, 0.6) is 17.2 Å². The molecule has 1 N–H and O–H groups in total. The highest BCUT2D eigenvalue weighted by Crippen LogP contribution is 2.38. The zero-order chi connectivity index (χ0) is 20.3. The van der Waals surface area contributed by atoms with Gasteiger partial charge in [-0.1, -0.05) is 11.6 Å². The summed E-state index contributed by atoms with van der Waals surface area (Å²) in [6.45, 7) is 0. The summed E-state index contributed by atoms with van der Waals surface area (Å²) in [4.78, 5) is 23.1. The lowest BCUT2D eigenvalue weighted by molar-refractivity contribution is -0.385. The summed E-state index contributed by atoms with van der Waals surface area (Å²) >= 11 is 5.81. The van der Waals surface area contributed by atoms with Crippen molar-refractivity contribution in [1.82, 2.24) is 5.32 Å². The average Bonchev–Trinajstić information content (AvgIpc) is 2.66. The highest BCUT2D eigenvalue weighted by atomic mass is 35.5. The van der Waals surface area contributed by atoms with Gasteiger partial charge in [0.05, 0.1) is 18.1 Å². The highest BCUT2D eigenvalue weighted by Gasteiger charge is 2.38. The van der Waals surface area contributed by atoms with E-state index < -0.39 is 16.4 Å². The number of nitro benzene ring substituents is 1. The van der Waals surface area contributed by atoms with Gasteiger partial charge in [-0.2, -0.15) is 5.26 Å². The molecular weight excluding hydrogens is 386 g/mol. The van der Waals surface area contributed by atoms with Crippen LogP contribution in [0.1, 0.15) is 29.6 Å². The zero-order valence-corrected chi connectivity index (χ0v) is 15.7. The van der Waals surface area contributed by atoms with E-state index in [-0.39, 0.29) is 33.5 Å². The van der Waals surface area contributed by atoms with Crippen LogP contribution in [0.15, 0.2) is 36.4 Å². The molecule has 144 valence electrons. The molecule has 1 aliphatic carbocycles. The number of carbonyl (C=O) groups excluding carboxylic acids is 1. The number of nitriles is 1. The van der Waals surface area contributed by atoms with Gasteiger partial charge in [-0.3, -0.25) is 14.9 Å². The molecule has 0 spiro atoms. The molecule has 9 heteroatoms. The number of nitrogens with zero attached hydrogens (tertiary/aromatic N) is 2. The molecular formula is C19H16ClN3O5. The number of amides is 1. The molecule has 3 rings (SSSR count). The van der Waals surface area contributed by atoms with Crippen LogP contribution in [0.3, 0.4) is 0 Å². The Bertz CT molecular complexity index is 982. The van der Waals surface area contributed by atoms with Gasteiger partial charge in [0.2, 0.25) is 5.75 Å². The van der Waals surface area contributed by atoms with Gasteiger partial charge in [0, 0.05) is 16.7 Å². The Kier molecular flexibility index (Phi) is 5.38. The summed E-state index contributed by atoms with van der Waals surface area (Å²) in [5.41, 5.74) is -0.822. The smallest absolute Gasteiger partial charge is 0.313 e. The monoisotopic (exact) mass is 401 g/mol. The Balaban J connectivity index is 1.85. The minimum atomic E-state index is -0.816. The van der Waals surface area contributed by atoms with Crippen molar-refractivity contribution >= 4 is 23.2 Å². The summed E-state index contributed by atoms with van der Waals surface area (Å²) in [5.74, 6) is 0.00556. The van der Waals surface area contributed by atoms with Crippen molar-refractivity contribution in [3.63, 3.8) is 0 Å². The second-order valence-corrected chi connectivity index (χ2v) is 6.77. The lowest BCUT2D eigenvalue weighted by Gasteiger charge is -2.35. The predicted molar refractivity (Wildman–Crippen MR) is 101 cm³/mol. The van der Waals surface area contributed by atoms with Gasteiger partial charge in [-0.05, 0) is 49.6 Å². The Hall–Kier alpha value is -3.31. The Morgan fingerprint density at radius 1 is 1.25 bits per heavy atom. The summed E-state index contributed by atoms with van der Waals surface area (Å²) in [7, 11) is 1.39. The van der Waals surface area contributed by atoms with Crippen molar-refractivity contribution in [2.45, 2.75) is 24.8 Å². The van der Waals surface area contributed by atoms with Crippen molar-refractivity contribution in [3.8, 4) is 23.3 Å². The van der Waals surface area contributed by atoms with Gasteiger partial charge in [0.25, 0.3) is 5.91 Å². The van der Waals surface area contributed by atoms with Crippen LogP contribution in [0.2, 0.25) is 5.02 Å². The van der Waals surface area contributed by atoms with Crippen LogP contribution in [0, 0.1) is 21.4 Å². The molecule has 2 aromatic rings. The van der Waals surface area contributed by atoms with Gasteiger partial charge in [0.1, 0.15) is 5.54 Å². The minimum Gasteiger partial charge on any atom is -0.493 e. The fraction of sp³-hybridized carbons (Fsp3) is 0.263. The molecule has 0 saturated heterocycles. The molecule has 0 heterocycles. The highest BCUT2D eigenvalue weighted by molar-refractivity contribution is 6.30. The topological polar surface area (TPSA) is 114 Å². The van der Waals surface area contributed by atoms with Crippen LogP contribution >= 0.6 is 11.6 Å².